The van der Waals surface area contributed by atoms with Crippen molar-refractivity contribution < 1.29 is 34.2 Å². The summed E-state index contributed by atoms with van der Waals surface area (Å²) in [5.74, 6) is -4.82. The van der Waals surface area contributed by atoms with E-state index in [0.717, 1.165) is 32.1 Å². The van der Waals surface area contributed by atoms with Crippen molar-refractivity contribution in [3.05, 3.63) is 12.2 Å². The number of allylic oxidation sites excluding steroid dienone is 2. The number of nitrogens with zero attached hydrogens (tertiary/aromatic N) is 1. The average Bonchev–Trinajstić information content (AvgIpc) is 2.76. The van der Waals surface area contributed by atoms with Crippen LogP contribution in [0, 0.1) is 17.8 Å². The van der Waals surface area contributed by atoms with Crippen molar-refractivity contribution in [3.63, 3.8) is 0 Å². The van der Waals surface area contributed by atoms with Gasteiger partial charge >= 0.3 is 17.9 Å². The molecule has 34 heavy (non-hydrogen) atoms. The Morgan fingerprint density at radius 1 is 0.618 bits per heavy atom. The molecule has 0 fully saturated rings. The molecule has 0 aromatic rings. The van der Waals surface area contributed by atoms with E-state index in [1.807, 2.05) is 0 Å². The number of carboxylic acid groups (broad SMARTS) is 3. The Morgan fingerprint density at radius 2 is 0.971 bits per heavy atom. The summed E-state index contributed by atoms with van der Waals surface area (Å²) in [5.41, 5.74) is 0. The van der Waals surface area contributed by atoms with Gasteiger partial charge in [0.25, 0.3) is 0 Å². The lowest BCUT2D eigenvalue weighted by atomic mass is 10.0. The second kappa shape index (κ2) is 18.4. The minimum absolute atomic E-state index is 0.219. The Bertz CT molecular complexity index is 563. The molecule has 198 valence electrons. The fraction of sp³-hybridized carbons (Fsp3) is 0.815. The van der Waals surface area contributed by atoms with Crippen LogP contribution in [0.1, 0.15) is 98.3 Å². The highest BCUT2D eigenvalue weighted by atomic mass is 16.4. The minimum Gasteiger partial charge on any atom is -0.481 e. The van der Waals surface area contributed by atoms with Crippen LogP contribution in [-0.4, -0.2) is 63.9 Å². The van der Waals surface area contributed by atoms with Crippen molar-refractivity contribution in [2.24, 2.45) is 17.8 Å². The number of unbranched alkanes of at least 4 members (excludes halogenated alkanes) is 9. The van der Waals surface area contributed by atoms with E-state index in [1.165, 1.54) is 38.5 Å². The predicted octanol–water partition coefficient (Wildman–Crippen LogP) is 5.83. The number of carbonyl (C=O) groups is 3. The summed E-state index contributed by atoms with van der Waals surface area (Å²) in [6.45, 7) is 8.40. The first-order valence-corrected chi connectivity index (χ1v) is 13.2. The van der Waals surface area contributed by atoms with E-state index in [2.05, 4.69) is 19.1 Å². The normalized spacial score (nSPS) is 16.1. The second-order valence-electron chi connectivity index (χ2n) is 10.2. The van der Waals surface area contributed by atoms with Crippen molar-refractivity contribution in [2.75, 3.05) is 26.2 Å². The Balaban J connectivity index is 4.77. The quantitative estimate of drug-likeness (QED) is 0.101. The molecule has 0 aliphatic rings. The first-order chi connectivity index (χ1) is 16.0. The molecule has 7 nitrogen and oxygen atoms in total. The van der Waals surface area contributed by atoms with Crippen LogP contribution in [-0.2, 0) is 14.4 Å². The van der Waals surface area contributed by atoms with Crippen LogP contribution in [0.2, 0.25) is 0 Å². The molecule has 0 saturated heterocycles. The topological polar surface area (TPSA) is 112 Å². The summed E-state index contributed by atoms with van der Waals surface area (Å²) in [4.78, 5) is 34.7. The molecular formula is C27H50NO6+. The van der Waals surface area contributed by atoms with E-state index < -0.39 is 35.7 Å². The lowest BCUT2D eigenvalue weighted by Gasteiger charge is -2.42. The smallest absolute Gasteiger partial charge is 0.311 e. The van der Waals surface area contributed by atoms with Crippen LogP contribution < -0.4 is 0 Å². The van der Waals surface area contributed by atoms with Gasteiger partial charge in [0.05, 0.1) is 26.2 Å². The first-order valence-electron chi connectivity index (χ1n) is 13.2. The molecule has 0 radical (unpaired) electrons. The summed E-state index contributed by atoms with van der Waals surface area (Å²) in [6.07, 6.45) is 17.1. The van der Waals surface area contributed by atoms with Gasteiger partial charge in [0.15, 0.2) is 0 Å². The molecule has 0 spiro atoms. The standard InChI is InChI=1S/C27H49NO6/c1-5-6-7-8-9-10-11-12-13-14-15-16-17-18-28(19-22(2)25(29)30,20-23(3)26(31)32)21-24(4)27(33)34/h9-10,22-24H,5-8,11-21H2,1-4H3,(H2-,29,30,31,32,33,34)/p+1/b10-9+. The van der Waals surface area contributed by atoms with Crippen molar-refractivity contribution in [2.45, 2.75) is 98.3 Å². The molecule has 0 heterocycles. The van der Waals surface area contributed by atoms with E-state index in [1.54, 1.807) is 20.8 Å². The van der Waals surface area contributed by atoms with Crippen LogP contribution in [0.3, 0.4) is 0 Å². The van der Waals surface area contributed by atoms with E-state index in [9.17, 15) is 29.7 Å². The number of carboxylic acids is 3. The SMILES string of the molecule is CCCCC/C=C/CCCCCCCC[N+](CC(C)C(=O)O)(CC(C)C(=O)O)CC(C)C(=O)O. The molecule has 0 rings (SSSR count). The van der Waals surface area contributed by atoms with Gasteiger partial charge in [-0.05, 0) is 59.3 Å². The Morgan fingerprint density at radius 3 is 1.35 bits per heavy atom. The maximum atomic E-state index is 11.6. The second-order valence-corrected chi connectivity index (χ2v) is 10.2. The molecule has 0 aromatic carbocycles. The van der Waals surface area contributed by atoms with Gasteiger partial charge in [-0.3, -0.25) is 14.4 Å². The van der Waals surface area contributed by atoms with Gasteiger partial charge in [0, 0.05) is 0 Å². The van der Waals surface area contributed by atoms with Crippen LogP contribution in [0.25, 0.3) is 0 Å². The maximum Gasteiger partial charge on any atom is 0.311 e. The number of aliphatic carboxylic acids is 3. The average molecular weight is 485 g/mol. The van der Waals surface area contributed by atoms with E-state index in [-0.39, 0.29) is 24.1 Å². The largest absolute Gasteiger partial charge is 0.481 e. The number of hydrogen-bond acceptors (Lipinski definition) is 3. The van der Waals surface area contributed by atoms with Crippen molar-refractivity contribution in [1.29, 1.82) is 0 Å². The Kier molecular flexibility index (Phi) is 17.4. The Labute approximate surface area is 206 Å². The van der Waals surface area contributed by atoms with Gasteiger partial charge in [0.1, 0.15) is 17.8 Å². The minimum atomic E-state index is -0.937. The van der Waals surface area contributed by atoms with Gasteiger partial charge in [-0.15, -0.1) is 0 Å². The van der Waals surface area contributed by atoms with Crippen molar-refractivity contribution in [1.82, 2.24) is 0 Å². The fourth-order valence-corrected chi connectivity index (χ4v) is 4.64. The highest BCUT2D eigenvalue weighted by molar-refractivity contribution is 5.70. The third-order valence-corrected chi connectivity index (χ3v) is 6.64. The van der Waals surface area contributed by atoms with Crippen LogP contribution in [0.4, 0.5) is 0 Å². The number of quaternary nitrogens is 1. The van der Waals surface area contributed by atoms with Crippen LogP contribution >= 0.6 is 0 Å². The summed E-state index contributed by atoms with van der Waals surface area (Å²) in [7, 11) is 0. The highest BCUT2D eigenvalue weighted by Gasteiger charge is 2.38. The van der Waals surface area contributed by atoms with E-state index in [4.69, 9.17) is 0 Å². The summed E-state index contributed by atoms with van der Waals surface area (Å²) < 4.78 is 0.219. The zero-order chi connectivity index (χ0) is 26.0. The molecule has 3 N–H and O–H groups in total. The molecule has 0 aliphatic carbocycles. The highest BCUT2D eigenvalue weighted by Crippen LogP contribution is 2.22. The molecule has 0 saturated carbocycles. The predicted molar refractivity (Wildman–Crippen MR) is 136 cm³/mol. The van der Waals surface area contributed by atoms with Crippen molar-refractivity contribution >= 4 is 17.9 Å². The van der Waals surface area contributed by atoms with Crippen molar-refractivity contribution in [3.8, 4) is 0 Å². The van der Waals surface area contributed by atoms with Crippen LogP contribution in [0.15, 0.2) is 12.2 Å². The fourth-order valence-electron chi connectivity index (χ4n) is 4.64. The lowest BCUT2D eigenvalue weighted by molar-refractivity contribution is -0.934. The molecule has 3 unspecified atom stereocenters. The van der Waals surface area contributed by atoms with Crippen LogP contribution in [0.5, 0.6) is 0 Å². The molecule has 3 atom stereocenters. The van der Waals surface area contributed by atoms with Gasteiger partial charge in [-0.1, -0.05) is 51.2 Å². The third-order valence-electron chi connectivity index (χ3n) is 6.64. The Hall–Kier alpha value is -1.89. The molecule has 0 aliphatic heterocycles. The maximum absolute atomic E-state index is 11.6. The monoisotopic (exact) mass is 484 g/mol. The lowest BCUT2D eigenvalue weighted by Crippen LogP contribution is -2.57. The number of hydrogen-bond donors (Lipinski definition) is 3. The van der Waals surface area contributed by atoms with Gasteiger partial charge in [-0.25, -0.2) is 0 Å². The summed E-state index contributed by atoms with van der Waals surface area (Å²) in [5, 5.41) is 28.4. The van der Waals surface area contributed by atoms with E-state index in [0.29, 0.717) is 6.54 Å². The molecule has 7 heteroatoms. The van der Waals surface area contributed by atoms with Gasteiger partial charge < -0.3 is 19.8 Å². The van der Waals surface area contributed by atoms with Gasteiger partial charge in [0.2, 0.25) is 0 Å². The molecular weight excluding hydrogens is 434 g/mol. The summed E-state index contributed by atoms with van der Waals surface area (Å²) in [6, 6.07) is 0. The van der Waals surface area contributed by atoms with E-state index >= 15 is 0 Å². The first kappa shape index (κ1) is 32.1. The third kappa shape index (κ3) is 15.1. The van der Waals surface area contributed by atoms with Gasteiger partial charge in [-0.2, -0.15) is 0 Å². The molecule has 0 bridgehead atoms. The zero-order valence-electron chi connectivity index (χ0n) is 22.0. The zero-order valence-corrected chi connectivity index (χ0v) is 22.0. The molecule has 0 amide bonds. The number of rotatable bonds is 22. The molecule has 0 aromatic heterocycles. The summed E-state index contributed by atoms with van der Waals surface area (Å²) >= 11 is 0.